The molecule has 0 spiro atoms. The summed E-state index contributed by atoms with van der Waals surface area (Å²) < 4.78 is 0. The molecule has 0 aliphatic rings. The maximum Gasteiger partial charge on any atom is 0.0555 e. The van der Waals surface area contributed by atoms with Gasteiger partial charge in [-0.1, -0.05) is 53.3 Å². The Morgan fingerprint density at radius 1 is 0.905 bits per heavy atom. The van der Waals surface area contributed by atoms with E-state index < -0.39 is 0 Å². The van der Waals surface area contributed by atoms with Crippen LogP contribution in [0.3, 0.4) is 0 Å². The molecule has 108 valence electrons. The number of hydrogen-bond acceptors (Lipinski definition) is 2. The predicted octanol–water partition coefficient (Wildman–Crippen LogP) is 4.05. The lowest BCUT2D eigenvalue weighted by atomic mass is 10.1. The molecule has 0 heterocycles. The van der Waals surface area contributed by atoms with Crippen molar-refractivity contribution in [1.29, 1.82) is 0 Å². The van der Waals surface area contributed by atoms with Gasteiger partial charge in [-0.3, -0.25) is 0 Å². The molecule has 2 rings (SSSR count). The standard InChI is InChI=1S/C19H21NS/c1-15-10-16(2)12-19(11-15)14-21-13-18-7-5-17(6-8-18)4-3-9-20/h5-8,10-12H,9,13-14,20H2,1-2H3. The van der Waals surface area contributed by atoms with Crippen molar-refractivity contribution in [2.45, 2.75) is 25.4 Å². The Bertz CT molecular complexity index is 627. The SMILES string of the molecule is Cc1cc(C)cc(CSCc2ccc(C#CCN)cc2)c1. The minimum atomic E-state index is 0.410. The van der Waals surface area contributed by atoms with Crippen molar-refractivity contribution in [3.05, 3.63) is 70.3 Å². The molecule has 1 nitrogen and oxygen atoms in total. The Labute approximate surface area is 132 Å². The molecule has 2 N–H and O–H groups in total. The highest BCUT2D eigenvalue weighted by Crippen LogP contribution is 2.20. The Morgan fingerprint density at radius 3 is 2.14 bits per heavy atom. The van der Waals surface area contributed by atoms with Crippen LogP contribution in [-0.4, -0.2) is 6.54 Å². The number of aryl methyl sites for hydroxylation is 2. The molecule has 0 aliphatic heterocycles. The molecule has 0 bridgehead atoms. The maximum absolute atomic E-state index is 5.37. The highest BCUT2D eigenvalue weighted by molar-refractivity contribution is 7.97. The second-order valence-electron chi connectivity index (χ2n) is 5.19. The van der Waals surface area contributed by atoms with E-state index >= 15 is 0 Å². The molecule has 2 heteroatoms. The molecule has 0 saturated heterocycles. The monoisotopic (exact) mass is 295 g/mol. The molecule has 0 aliphatic carbocycles. The Balaban J connectivity index is 1.88. The number of nitrogens with two attached hydrogens (primary N) is 1. The van der Waals surface area contributed by atoms with Crippen LogP contribution in [0.2, 0.25) is 0 Å². The Hall–Kier alpha value is -1.69. The van der Waals surface area contributed by atoms with Gasteiger partial charge in [0.1, 0.15) is 0 Å². The first-order valence-corrected chi connectivity index (χ1v) is 8.25. The van der Waals surface area contributed by atoms with Crippen molar-refractivity contribution in [2.75, 3.05) is 6.54 Å². The van der Waals surface area contributed by atoms with Crippen molar-refractivity contribution in [3.63, 3.8) is 0 Å². The predicted molar refractivity (Wildman–Crippen MR) is 93.3 cm³/mol. The maximum atomic E-state index is 5.37. The summed E-state index contributed by atoms with van der Waals surface area (Å²) in [6.07, 6.45) is 0. The molecule has 0 fully saturated rings. The molecule has 21 heavy (non-hydrogen) atoms. The van der Waals surface area contributed by atoms with Crippen LogP contribution in [0.1, 0.15) is 27.8 Å². The molecule has 0 radical (unpaired) electrons. The van der Waals surface area contributed by atoms with Gasteiger partial charge in [-0.25, -0.2) is 0 Å². The Morgan fingerprint density at radius 2 is 1.52 bits per heavy atom. The molecule has 0 amide bonds. The van der Waals surface area contributed by atoms with Gasteiger partial charge in [-0.15, -0.1) is 0 Å². The molecule has 2 aromatic carbocycles. The Kier molecular flexibility index (Phi) is 5.92. The number of rotatable bonds is 4. The second-order valence-corrected chi connectivity index (χ2v) is 6.18. The first kappa shape index (κ1) is 15.7. The van der Waals surface area contributed by atoms with Crippen molar-refractivity contribution < 1.29 is 0 Å². The third kappa shape index (κ3) is 5.30. The van der Waals surface area contributed by atoms with Gasteiger partial charge in [0.25, 0.3) is 0 Å². The van der Waals surface area contributed by atoms with E-state index in [9.17, 15) is 0 Å². The van der Waals surface area contributed by atoms with Gasteiger partial charge in [0.05, 0.1) is 6.54 Å². The third-order valence-electron chi connectivity index (χ3n) is 3.11. The van der Waals surface area contributed by atoms with Crippen LogP contribution in [0.15, 0.2) is 42.5 Å². The summed E-state index contributed by atoms with van der Waals surface area (Å²) in [6, 6.07) is 15.2. The molecule has 0 atom stereocenters. The van der Waals surface area contributed by atoms with Crippen LogP contribution in [-0.2, 0) is 11.5 Å². The number of thioether (sulfide) groups is 1. The van der Waals surface area contributed by atoms with Crippen molar-refractivity contribution in [2.24, 2.45) is 5.73 Å². The first-order valence-electron chi connectivity index (χ1n) is 7.10. The zero-order valence-electron chi connectivity index (χ0n) is 12.6. The summed E-state index contributed by atoms with van der Waals surface area (Å²) in [5.41, 5.74) is 11.8. The van der Waals surface area contributed by atoms with Gasteiger partial charge in [0.15, 0.2) is 0 Å². The highest BCUT2D eigenvalue weighted by atomic mass is 32.2. The van der Waals surface area contributed by atoms with E-state index in [-0.39, 0.29) is 0 Å². The van der Waals surface area contributed by atoms with Crippen LogP contribution in [0, 0.1) is 25.7 Å². The van der Waals surface area contributed by atoms with E-state index in [1.165, 1.54) is 22.3 Å². The lowest BCUT2D eigenvalue weighted by Crippen LogP contribution is -1.93. The van der Waals surface area contributed by atoms with Gasteiger partial charge in [-0.2, -0.15) is 11.8 Å². The number of hydrogen-bond donors (Lipinski definition) is 1. The zero-order valence-corrected chi connectivity index (χ0v) is 13.5. The van der Waals surface area contributed by atoms with E-state index in [1.807, 2.05) is 11.8 Å². The summed E-state index contributed by atoms with van der Waals surface area (Å²) in [6.45, 7) is 4.72. The van der Waals surface area contributed by atoms with Crippen LogP contribution in [0.25, 0.3) is 0 Å². The van der Waals surface area contributed by atoms with Crippen molar-refractivity contribution >= 4 is 11.8 Å². The second kappa shape index (κ2) is 7.93. The average molecular weight is 295 g/mol. The fraction of sp³-hybridized carbons (Fsp3) is 0.263. The van der Waals surface area contributed by atoms with Gasteiger partial charge >= 0.3 is 0 Å². The minimum Gasteiger partial charge on any atom is -0.320 e. The fourth-order valence-electron chi connectivity index (χ4n) is 2.28. The first-order chi connectivity index (χ1) is 10.2. The van der Waals surface area contributed by atoms with Gasteiger partial charge in [0, 0.05) is 17.1 Å². The fourth-order valence-corrected chi connectivity index (χ4v) is 3.21. The van der Waals surface area contributed by atoms with E-state index in [4.69, 9.17) is 5.73 Å². The lowest BCUT2D eigenvalue weighted by molar-refractivity contribution is 1.29. The average Bonchev–Trinajstić information content (AvgIpc) is 2.45. The molecule has 2 aromatic rings. The van der Waals surface area contributed by atoms with Crippen LogP contribution in [0.5, 0.6) is 0 Å². The number of benzene rings is 2. The summed E-state index contributed by atoms with van der Waals surface area (Å²) in [4.78, 5) is 0. The van der Waals surface area contributed by atoms with Crippen LogP contribution >= 0.6 is 11.8 Å². The topological polar surface area (TPSA) is 26.0 Å². The van der Waals surface area contributed by atoms with Gasteiger partial charge < -0.3 is 5.73 Å². The molecule has 0 unspecified atom stereocenters. The van der Waals surface area contributed by atoms with Crippen LogP contribution < -0.4 is 5.73 Å². The summed E-state index contributed by atoms with van der Waals surface area (Å²) in [7, 11) is 0. The van der Waals surface area contributed by atoms with Crippen molar-refractivity contribution in [3.8, 4) is 11.8 Å². The third-order valence-corrected chi connectivity index (χ3v) is 4.18. The zero-order chi connectivity index (χ0) is 15.1. The van der Waals surface area contributed by atoms with E-state index in [1.54, 1.807) is 0 Å². The van der Waals surface area contributed by atoms with Crippen LogP contribution in [0.4, 0.5) is 0 Å². The smallest absolute Gasteiger partial charge is 0.0555 e. The molecule has 0 aromatic heterocycles. The van der Waals surface area contributed by atoms with E-state index in [2.05, 4.69) is 68.2 Å². The van der Waals surface area contributed by atoms with Gasteiger partial charge in [0.2, 0.25) is 0 Å². The normalized spacial score (nSPS) is 10.0. The lowest BCUT2D eigenvalue weighted by Gasteiger charge is -2.05. The van der Waals surface area contributed by atoms with Gasteiger partial charge in [-0.05, 0) is 37.1 Å². The van der Waals surface area contributed by atoms with Crippen molar-refractivity contribution in [1.82, 2.24) is 0 Å². The highest BCUT2D eigenvalue weighted by Gasteiger charge is 1.98. The largest absolute Gasteiger partial charge is 0.320 e. The quantitative estimate of drug-likeness (QED) is 0.861. The molecular formula is C19H21NS. The summed E-state index contributed by atoms with van der Waals surface area (Å²) in [5.74, 6) is 7.99. The summed E-state index contributed by atoms with van der Waals surface area (Å²) in [5, 5.41) is 0. The summed E-state index contributed by atoms with van der Waals surface area (Å²) >= 11 is 1.94. The molecular weight excluding hydrogens is 274 g/mol. The minimum absolute atomic E-state index is 0.410. The van der Waals surface area contributed by atoms with E-state index in [0.717, 1.165) is 17.1 Å². The van der Waals surface area contributed by atoms with E-state index in [0.29, 0.717) is 6.54 Å². The molecule has 0 saturated carbocycles.